The molecule has 0 unspecified atom stereocenters. The van der Waals surface area contributed by atoms with Crippen molar-refractivity contribution in [2.45, 2.75) is 12.8 Å². The molecule has 1 aromatic carbocycles. The average Bonchev–Trinajstić information content (AvgIpc) is 2.91. The Labute approximate surface area is 116 Å². The zero-order valence-corrected chi connectivity index (χ0v) is 11.2. The number of likely N-dealkylation sites (tertiary alicyclic amines) is 1. The minimum atomic E-state index is -0.620. The van der Waals surface area contributed by atoms with Gasteiger partial charge in [0.25, 0.3) is 5.91 Å². The topological polar surface area (TPSA) is 102 Å². The van der Waals surface area contributed by atoms with Crippen LogP contribution < -0.4 is 11.1 Å². The summed E-state index contributed by atoms with van der Waals surface area (Å²) in [5.74, 6) is -0.455. The second-order valence-electron chi connectivity index (χ2n) is 4.81. The van der Waals surface area contributed by atoms with Crippen molar-refractivity contribution in [2.75, 3.05) is 31.9 Å². The van der Waals surface area contributed by atoms with Crippen molar-refractivity contribution in [3.8, 4) is 0 Å². The van der Waals surface area contributed by atoms with E-state index >= 15 is 0 Å². The van der Waals surface area contributed by atoms with E-state index < -0.39 is 10.8 Å². The van der Waals surface area contributed by atoms with Crippen LogP contribution in [0.15, 0.2) is 18.2 Å². The molecule has 0 saturated carbocycles. The molecule has 1 amide bonds. The third-order valence-electron chi connectivity index (χ3n) is 3.41. The molecular formula is C13H18N4O3. The van der Waals surface area contributed by atoms with E-state index in [0.717, 1.165) is 19.6 Å². The molecule has 0 spiro atoms. The summed E-state index contributed by atoms with van der Waals surface area (Å²) in [5.41, 5.74) is 5.24. The SMILES string of the molecule is Nc1cccc(C(=O)NCCN2CCCC2)c1[N+](=O)[O-]. The van der Waals surface area contributed by atoms with Crippen molar-refractivity contribution in [1.29, 1.82) is 0 Å². The number of para-hydroxylation sites is 1. The molecule has 7 nitrogen and oxygen atoms in total. The molecule has 1 heterocycles. The van der Waals surface area contributed by atoms with Crippen molar-refractivity contribution in [2.24, 2.45) is 0 Å². The Balaban J connectivity index is 1.98. The zero-order chi connectivity index (χ0) is 14.5. The van der Waals surface area contributed by atoms with Crippen molar-refractivity contribution in [3.63, 3.8) is 0 Å². The molecule has 7 heteroatoms. The maximum absolute atomic E-state index is 12.0. The molecule has 1 aliphatic rings. The summed E-state index contributed by atoms with van der Waals surface area (Å²) in [5, 5.41) is 13.7. The van der Waals surface area contributed by atoms with Gasteiger partial charge >= 0.3 is 5.69 Å². The maximum Gasteiger partial charge on any atom is 0.304 e. The molecule has 1 fully saturated rings. The number of nitro benzene ring substituents is 1. The van der Waals surface area contributed by atoms with Crippen molar-refractivity contribution >= 4 is 17.3 Å². The lowest BCUT2D eigenvalue weighted by molar-refractivity contribution is -0.384. The van der Waals surface area contributed by atoms with Gasteiger partial charge in [-0.05, 0) is 38.1 Å². The van der Waals surface area contributed by atoms with Gasteiger partial charge in [0.1, 0.15) is 11.3 Å². The molecule has 0 bridgehead atoms. The Morgan fingerprint density at radius 1 is 1.40 bits per heavy atom. The van der Waals surface area contributed by atoms with Crippen LogP contribution in [0.2, 0.25) is 0 Å². The van der Waals surface area contributed by atoms with Crippen LogP contribution in [0.3, 0.4) is 0 Å². The normalized spacial score (nSPS) is 15.2. The number of carbonyl (C=O) groups is 1. The summed E-state index contributed by atoms with van der Waals surface area (Å²) in [6, 6.07) is 4.37. The molecule has 20 heavy (non-hydrogen) atoms. The smallest absolute Gasteiger partial charge is 0.304 e. The first-order chi connectivity index (χ1) is 9.59. The third-order valence-corrected chi connectivity index (χ3v) is 3.41. The molecule has 0 atom stereocenters. The van der Waals surface area contributed by atoms with E-state index in [0.29, 0.717) is 6.54 Å². The van der Waals surface area contributed by atoms with Crippen LogP contribution in [-0.2, 0) is 0 Å². The van der Waals surface area contributed by atoms with Gasteiger partial charge in [-0.15, -0.1) is 0 Å². The van der Waals surface area contributed by atoms with Crippen LogP contribution in [0.5, 0.6) is 0 Å². The fourth-order valence-electron chi connectivity index (χ4n) is 2.38. The number of nitro groups is 1. The van der Waals surface area contributed by atoms with E-state index in [-0.39, 0.29) is 16.9 Å². The summed E-state index contributed by atoms with van der Waals surface area (Å²) in [6.07, 6.45) is 2.38. The number of benzene rings is 1. The molecule has 0 aromatic heterocycles. The number of nitrogens with two attached hydrogens (primary N) is 1. The Morgan fingerprint density at radius 2 is 2.10 bits per heavy atom. The summed E-state index contributed by atoms with van der Waals surface area (Å²) in [7, 11) is 0. The lowest BCUT2D eigenvalue weighted by atomic mass is 10.1. The number of nitrogen functional groups attached to an aromatic ring is 1. The molecule has 2 rings (SSSR count). The van der Waals surface area contributed by atoms with Crippen molar-refractivity contribution < 1.29 is 9.72 Å². The van der Waals surface area contributed by atoms with Gasteiger partial charge in [-0.25, -0.2) is 0 Å². The van der Waals surface area contributed by atoms with Gasteiger partial charge in [-0.1, -0.05) is 6.07 Å². The fourth-order valence-corrected chi connectivity index (χ4v) is 2.38. The molecule has 108 valence electrons. The third kappa shape index (κ3) is 3.24. The largest absolute Gasteiger partial charge is 0.393 e. The minimum Gasteiger partial charge on any atom is -0.393 e. The lowest BCUT2D eigenvalue weighted by Crippen LogP contribution is -2.33. The number of anilines is 1. The molecule has 0 radical (unpaired) electrons. The van der Waals surface area contributed by atoms with E-state index in [9.17, 15) is 14.9 Å². The Hall–Kier alpha value is -2.15. The molecule has 1 aromatic rings. The number of nitrogens with zero attached hydrogens (tertiary/aromatic N) is 2. The van der Waals surface area contributed by atoms with Crippen LogP contribution in [0.25, 0.3) is 0 Å². The maximum atomic E-state index is 12.0. The van der Waals surface area contributed by atoms with Gasteiger partial charge in [0.2, 0.25) is 0 Å². The predicted octanol–water partition coefficient (Wildman–Crippen LogP) is 1.00. The molecular weight excluding hydrogens is 260 g/mol. The number of carbonyl (C=O) groups excluding carboxylic acids is 1. The van der Waals surface area contributed by atoms with Crippen LogP contribution in [0.1, 0.15) is 23.2 Å². The van der Waals surface area contributed by atoms with Crippen molar-refractivity contribution in [3.05, 3.63) is 33.9 Å². The summed E-state index contributed by atoms with van der Waals surface area (Å²) >= 11 is 0. The zero-order valence-electron chi connectivity index (χ0n) is 11.2. The van der Waals surface area contributed by atoms with Gasteiger partial charge in [0.05, 0.1) is 4.92 Å². The highest BCUT2D eigenvalue weighted by molar-refractivity contribution is 6.00. The first-order valence-electron chi connectivity index (χ1n) is 6.63. The van der Waals surface area contributed by atoms with Crippen LogP contribution in [-0.4, -0.2) is 41.9 Å². The van der Waals surface area contributed by atoms with Gasteiger partial charge in [-0.3, -0.25) is 14.9 Å². The average molecular weight is 278 g/mol. The number of amides is 1. The van der Waals surface area contributed by atoms with Gasteiger partial charge < -0.3 is 16.0 Å². The Kier molecular flexibility index (Phi) is 4.52. The van der Waals surface area contributed by atoms with Crippen molar-refractivity contribution in [1.82, 2.24) is 10.2 Å². The number of nitrogens with one attached hydrogen (secondary N) is 1. The van der Waals surface area contributed by atoms with Crippen LogP contribution in [0, 0.1) is 10.1 Å². The Bertz CT molecular complexity index is 512. The monoisotopic (exact) mass is 278 g/mol. The summed E-state index contributed by atoms with van der Waals surface area (Å²) in [6.45, 7) is 3.34. The second kappa shape index (κ2) is 6.33. The summed E-state index contributed by atoms with van der Waals surface area (Å²) < 4.78 is 0. The first kappa shape index (κ1) is 14.3. The highest BCUT2D eigenvalue weighted by Gasteiger charge is 2.23. The van der Waals surface area contributed by atoms with Crippen LogP contribution in [0.4, 0.5) is 11.4 Å². The van der Waals surface area contributed by atoms with E-state index in [4.69, 9.17) is 5.73 Å². The van der Waals surface area contributed by atoms with E-state index in [2.05, 4.69) is 10.2 Å². The van der Waals surface area contributed by atoms with E-state index in [1.54, 1.807) is 0 Å². The molecule has 0 aliphatic carbocycles. The summed E-state index contributed by atoms with van der Waals surface area (Å²) in [4.78, 5) is 24.6. The molecule has 1 aliphatic heterocycles. The van der Waals surface area contributed by atoms with E-state index in [1.165, 1.54) is 31.0 Å². The quantitative estimate of drug-likeness (QED) is 0.475. The number of rotatable bonds is 5. The number of hydrogen-bond acceptors (Lipinski definition) is 5. The Morgan fingerprint density at radius 3 is 2.75 bits per heavy atom. The molecule has 1 saturated heterocycles. The first-order valence-corrected chi connectivity index (χ1v) is 6.63. The number of hydrogen-bond donors (Lipinski definition) is 2. The standard InChI is InChI=1S/C13H18N4O3/c14-11-5-3-4-10(12(11)17(19)20)13(18)15-6-9-16-7-1-2-8-16/h3-5H,1-2,6-9,14H2,(H,15,18). The minimum absolute atomic E-state index is 0.00203. The van der Waals surface area contributed by atoms with Gasteiger partial charge in [0.15, 0.2) is 0 Å². The van der Waals surface area contributed by atoms with E-state index in [1.807, 2.05) is 0 Å². The second-order valence-corrected chi connectivity index (χ2v) is 4.81. The molecule has 3 N–H and O–H groups in total. The predicted molar refractivity (Wildman–Crippen MR) is 75.5 cm³/mol. The highest BCUT2D eigenvalue weighted by Crippen LogP contribution is 2.25. The van der Waals surface area contributed by atoms with Crippen LogP contribution >= 0.6 is 0 Å². The highest BCUT2D eigenvalue weighted by atomic mass is 16.6. The van der Waals surface area contributed by atoms with Gasteiger partial charge in [0, 0.05) is 13.1 Å². The fraction of sp³-hybridized carbons (Fsp3) is 0.462. The van der Waals surface area contributed by atoms with Gasteiger partial charge in [-0.2, -0.15) is 0 Å². The lowest BCUT2D eigenvalue weighted by Gasteiger charge is -2.14.